The van der Waals surface area contributed by atoms with Crippen molar-refractivity contribution in [3.05, 3.63) is 82.9 Å². The summed E-state index contributed by atoms with van der Waals surface area (Å²) in [6.45, 7) is 0.517. The van der Waals surface area contributed by atoms with Crippen molar-refractivity contribution in [2.75, 3.05) is 0 Å². The highest BCUT2D eigenvalue weighted by molar-refractivity contribution is 6.30. The first-order valence-corrected chi connectivity index (χ1v) is 7.57. The second-order valence-corrected chi connectivity index (χ2v) is 5.70. The zero-order chi connectivity index (χ0) is 15.4. The molecule has 3 aromatic rings. The van der Waals surface area contributed by atoms with Gasteiger partial charge in [-0.15, -0.1) is 0 Å². The van der Waals surface area contributed by atoms with Crippen LogP contribution in [0, 0.1) is 0 Å². The van der Waals surface area contributed by atoms with Gasteiger partial charge in [-0.25, -0.2) is 0 Å². The van der Waals surface area contributed by atoms with Gasteiger partial charge in [-0.05, 0) is 34.0 Å². The number of amides is 1. The summed E-state index contributed by atoms with van der Waals surface area (Å²) in [7, 11) is 0. The van der Waals surface area contributed by atoms with Crippen LogP contribution in [-0.4, -0.2) is 5.91 Å². The second kappa shape index (κ2) is 6.63. The molecule has 0 heterocycles. The van der Waals surface area contributed by atoms with Crippen LogP contribution in [0.15, 0.2) is 66.7 Å². The van der Waals surface area contributed by atoms with Crippen LogP contribution >= 0.6 is 11.6 Å². The fraction of sp³-hybridized carbons (Fsp3) is 0.105. The van der Waals surface area contributed by atoms with E-state index in [1.165, 1.54) is 5.39 Å². The topological polar surface area (TPSA) is 29.1 Å². The minimum absolute atomic E-state index is 0.0187. The summed E-state index contributed by atoms with van der Waals surface area (Å²) < 4.78 is 0. The van der Waals surface area contributed by atoms with Crippen molar-refractivity contribution in [3.63, 3.8) is 0 Å². The normalized spacial score (nSPS) is 10.6. The van der Waals surface area contributed by atoms with Crippen LogP contribution in [0.25, 0.3) is 10.8 Å². The Morgan fingerprint density at radius 3 is 2.32 bits per heavy atom. The molecule has 1 amide bonds. The maximum atomic E-state index is 12.1. The van der Waals surface area contributed by atoms with Crippen LogP contribution in [0.1, 0.15) is 11.1 Å². The third-order valence-corrected chi connectivity index (χ3v) is 3.83. The molecule has 22 heavy (non-hydrogen) atoms. The Hall–Kier alpha value is -2.32. The van der Waals surface area contributed by atoms with E-state index in [1.54, 1.807) is 0 Å². The number of halogens is 1. The van der Waals surface area contributed by atoms with E-state index in [0.717, 1.165) is 16.5 Å². The molecule has 3 aromatic carbocycles. The predicted octanol–water partition coefficient (Wildman–Crippen LogP) is 4.35. The van der Waals surface area contributed by atoms with Gasteiger partial charge in [0.15, 0.2) is 0 Å². The third kappa shape index (κ3) is 3.66. The monoisotopic (exact) mass is 309 g/mol. The van der Waals surface area contributed by atoms with E-state index >= 15 is 0 Å². The average molecular weight is 310 g/mol. The molecule has 0 saturated heterocycles. The standard InChI is InChI=1S/C19H16ClNO/c20-18-9-6-14(7-10-18)13-21-19(22)12-15-5-8-16-3-1-2-4-17(16)11-15/h1-11H,12-13H2,(H,21,22). The van der Waals surface area contributed by atoms with Crippen LogP contribution in [0.2, 0.25) is 5.02 Å². The van der Waals surface area contributed by atoms with Crippen molar-refractivity contribution in [3.8, 4) is 0 Å². The van der Waals surface area contributed by atoms with E-state index in [2.05, 4.69) is 29.6 Å². The summed E-state index contributed by atoms with van der Waals surface area (Å²) in [5.74, 6) is 0.0187. The van der Waals surface area contributed by atoms with Crippen molar-refractivity contribution in [2.24, 2.45) is 0 Å². The van der Waals surface area contributed by atoms with Gasteiger partial charge in [0.05, 0.1) is 6.42 Å². The minimum atomic E-state index is 0.0187. The Morgan fingerprint density at radius 1 is 0.864 bits per heavy atom. The molecule has 110 valence electrons. The summed E-state index contributed by atoms with van der Waals surface area (Å²) in [4.78, 5) is 12.1. The molecule has 0 aromatic heterocycles. The smallest absolute Gasteiger partial charge is 0.224 e. The van der Waals surface area contributed by atoms with Crippen molar-refractivity contribution in [2.45, 2.75) is 13.0 Å². The van der Waals surface area contributed by atoms with Gasteiger partial charge >= 0.3 is 0 Å². The molecule has 0 unspecified atom stereocenters. The molecule has 0 aliphatic heterocycles. The van der Waals surface area contributed by atoms with Crippen LogP contribution in [-0.2, 0) is 17.8 Å². The van der Waals surface area contributed by atoms with Crippen LogP contribution in [0.3, 0.4) is 0 Å². The van der Waals surface area contributed by atoms with E-state index in [0.29, 0.717) is 18.0 Å². The third-order valence-electron chi connectivity index (χ3n) is 3.58. The summed E-state index contributed by atoms with van der Waals surface area (Å²) in [5, 5.41) is 5.98. The van der Waals surface area contributed by atoms with E-state index in [4.69, 9.17) is 11.6 Å². The molecule has 1 N–H and O–H groups in total. The molecule has 0 atom stereocenters. The van der Waals surface area contributed by atoms with Gasteiger partial charge in [-0.2, -0.15) is 0 Å². The molecule has 3 heteroatoms. The number of carbonyl (C=O) groups is 1. The molecule has 3 rings (SSSR count). The first kappa shape index (κ1) is 14.6. The van der Waals surface area contributed by atoms with Crippen LogP contribution in [0.4, 0.5) is 0 Å². The van der Waals surface area contributed by atoms with Gasteiger partial charge in [-0.1, -0.05) is 66.2 Å². The van der Waals surface area contributed by atoms with E-state index in [9.17, 15) is 4.79 Å². The lowest BCUT2D eigenvalue weighted by molar-refractivity contribution is -0.120. The van der Waals surface area contributed by atoms with Gasteiger partial charge in [0.1, 0.15) is 0 Å². The largest absolute Gasteiger partial charge is 0.352 e. The zero-order valence-corrected chi connectivity index (χ0v) is 12.8. The lowest BCUT2D eigenvalue weighted by Crippen LogP contribution is -2.24. The molecule has 0 aliphatic rings. The zero-order valence-electron chi connectivity index (χ0n) is 12.1. The van der Waals surface area contributed by atoms with Gasteiger partial charge in [0.2, 0.25) is 5.91 Å². The van der Waals surface area contributed by atoms with Gasteiger partial charge in [-0.3, -0.25) is 4.79 Å². The summed E-state index contributed by atoms with van der Waals surface area (Å²) in [6, 6.07) is 21.8. The van der Waals surface area contributed by atoms with Crippen molar-refractivity contribution >= 4 is 28.3 Å². The van der Waals surface area contributed by atoms with Crippen molar-refractivity contribution < 1.29 is 4.79 Å². The van der Waals surface area contributed by atoms with Gasteiger partial charge in [0, 0.05) is 11.6 Å². The average Bonchev–Trinajstić information content (AvgIpc) is 2.54. The number of rotatable bonds is 4. The quantitative estimate of drug-likeness (QED) is 0.762. The lowest BCUT2D eigenvalue weighted by Gasteiger charge is -2.07. The Balaban J connectivity index is 1.61. The maximum absolute atomic E-state index is 12.1. The van der Waals surface area contributed by atoms with Gasteiger partial charge in [0.25, 0.3) is 0 Å². The van der Waals surface area contributed by atoms with E-state index < -0.39 is 0 Å². The Labute approximate surface area is 134 Å². The molecular weight excluding hydrogens is 294 g/mol. The molecule has 0 saturated carbocycles. The fourth-order valence-corrected chi connectivity index (χ4v) is 2.53. The number of nitrogens with one attached hydrogen (secondary N) is 1. The molecule has 0 bridgehead atoms. The number of fused-ring (bicyclic) bond motifs is 1. The lowest BCUT2D eigenvalue weighted by atomic mass is 10.0. The highest BCUT2D eigenvalue weighted by Crippen LogP contribution is 2.16. The first-order valence-electron chi connectivity index (χ1n) is 7.19. The molecule has 0 spiro atoms. The molecule has 0 radical (unpaired) electrons. The van der Waals surface area contributed by atoms with Crippen LogP contribution in [0.5, 0.6) is 0 Å². The minimum Gasteiger partial charge on any atom is -0.352 e. The van der Waals surface area contributed by atoms with Crippen molar-refractivity contribution in [1.82, 2.24) is 5.32 Å². The number of benzene rings is 3. The Kier molecular flexibility index (Phi) is 4.40. The SMILES string of the molecule is O=C(Cc1ccc2ccccc2c1)NCc1ccc(Cl)cc1. The molecule has 0 aliphatic carbocycles. The Bertz CT molecular complexity index is 796. The highest BCUT2D eigenvalue weighted by atomic mass is 35.5. The number of hydrogen-bond acceptors (Lipinski definition) is 1. The highest BCUT2D eigenvalue weighted by Gasteiger charge is 2.04. The number of carbonyl (C=O) groups excluding carboxylic acids is 1. The molecule has 0 fully saturated rings. The number of hydrogen-bond donors (Lipinski definition) is 1. The van der Waals surface area contributed by atoms with E-state index in [1.807, 2.05) is 42.5 Å². The van der Waals surface area contributed by atoms with E-state index in [-0.39, 0.29) is 5.91 Å². The maximum Gasteiger partial charge on any atom is 0.224 e. The molecular formula is C19H16ClNO. The van der Waals surface area contributed by atoms with Gasteiger partial charge < -0.3 is 5.32 Å². The fourth-order valence-electron chi connectivity index (χ4n) is 2.40. The van der Waals surface area contributed by atoms with Crippen LogP contribution < -0.4 is 5.32 Å². The summed E-state index contributed by atoms with van der Waals surface area (Å²) in [5.41, 5.74) is 2.06. The second-order valence-electron chi connectivity index (χ2n) is 5.26. The van der Waals surface area contributed by atoms with Crippen molar-refractivity contribution in [1.29, 1.82) is 0 Å². The predicted molar refractivity (Wildman–Crippen MR) is 91.0 cm³/mol. The summed E-state index contributed by atoms with van der Waals surface area (Å²) >= 11 is 5.84. The molecule has 2 nitrogen and oxygen atoms in total. The Morgan fingerprint density at radius 2 is 1.55 bits per heavy atom. The summed E-state index contributed by atoms with van der Waals surface area (Å²) in [6.07, 6.45) is 0.387. The first-order chi connectivity index (χ1) is 10.7.